The smallest absolute Gasteiger partial charge is 0.253 e. The fraction of sp³-hybridized carbons (Fsp3) is 0.143. The van der Waals surface area contributed by atoms with E-state index >= 15 is 0 Å². The van der Waals surface area contributed by atoms with E-state index in [1.807, 2.05) is 30.3 Å². The number of ether oxygens (including phenoxy) is 2. The molecule has 6 nitrogen and oxygen atoms in total. The number of benzene rings is 2. The van der Waals surface area contributed by atoms with Gasteiger partial charge in [-0.05, 0) is 35.9 Å². The number of anilines is 2. The van der Waals surface area contributed by atoms with Crippen LogP contribution in [0.3, 0.4) is 0 Å². The second-order valence-electron chi connectivity index (χ2n) is 5.94. The standard InChI is InChI=1S/C21H20ClN3O3/c1-27-19-8-7-14(9-20(19)28-2)11-24-21(26)15-10-16(13-23-12-15)25-18-6-4-3-5-17(18)22/h3-10,12-13,25H,11H2,1-2H3,(H,24,26). The van der Waals surface area contributed by atoms with Crippen LogP contribution >= 0.6 is 11.6 Å². The maximum absolute atomic E-state index is 12.5. The van der Waals surface area contributed by atoms with Gasteiger partial charge < -0.3 is 20.1 Å². The average Bonchev–Trinajstić information content (AvgIpc) is 2.73. The summed E-state index contributed by atoms with van der Waals surface area (Å²) in [5, 5.41) is 6.63. The minimum absolute atomic E-state index is 0.231. The van der Waals surface area contributed by atoms with Crippen LogP contribution in [0.15, 0.2) is 60.9 Å². The van der Waals surface area contributed by atoms with Crippen LogP contribution in [-0.4, -0.2) is 25.1 Å². The molecule has 1 heterocycles. The molecule has 0 saturated carbocycles. The average molecular weight is 398 g/mol. The molecule has 3 rings (SSSR count). The quantitative estimate of drug-likeness (QED) is 0.617. The summed E-state index contributed by atoms with van der Waals surface area (Å²) in [7, 11) is 3.15. The van der Waals surface area contributed by atoms with Crippen molar-refractivity contribution in [3.8, 4) is 11.5 Å². The Labute approximate surface area is 168 Å². The number of rotatable bonds is 7. The normalized spacial score (nSPS) is 10.2. The molecule has 2 aromatic carbocycles. The number of amides is 1. The highest BCUT2D eigenvalue weighted by Crippen LogP contribution is 2.27. The lowest BCUT2D eigenvalue weighted by Crippen LogP contribution is -2.23. The maximum atomic E-state index is 12.5. The Morgan fingerprint density at radius 3 is 2.57 bits per heavy atom. The molecular formula is C21H20ClN3O3. The van der Waals surface area contributed by atoms with Crippen LogP contribution in [0.5, 0.6) is 11.5 Å². The summed E-state index contributed by atoms with van der Waals surface area (Å²) >= 11 is 6.16. The highest BCUT2D eigenvalue weighted by atomic mass is 35.5. The molecule has 0 aliphatic rings. The first-order valence-electron chi connectivity index (χ1n) is 8.56. The van der Waals surface area contributed by atoms with E-state index in [0.29, 0.717) is 34.3 Å². The Morgan fingerprint density at radius 1 is 1.04 bits per heavy atom. The lowest BCUT2D eigenvalue weighted by molar-refractivity contribution is 0.0950. The predicted molar refractivity (Wildman–Crippen MR) is 110 cm³/mol. The number of pyridine rings is 1. The number of carbonyl (C=O) groups excluding carboxylic acids is 1. The Balaban J connectivity index is 1.67. The Morgan fingerprint density at radius 2 is 1.82 bits per heavy atom. The number of hydrogen-bond acceptors (Lipinski definition) is 5. The van der Waals surface area contributed by atoms with Gasteiger partial charge in [-0.25, -0.2) is 0 Å². The summed E-state index contributed by atoms with van der Waals surface area (Å²) in [5.41, 5.74) is 2.75. The minimum Gasteiger partial charge on any atom is -0.493 e. The van der Waals surface area contributed by atoms with Crippen LogP contribution in [0.2, 0.25) is 5.02 Å². The largest absolute Gasteiger partial charge is 0.493 e. The first kappa shape index (κ1) is 19.5. The van der Waals surface area contributed by atoms with Crippen LogP contribution in [0.1, 0.15) is 15.9 Å². The van der Waals surface area contributed by atoms with Crippen molar-refractivity contribution in [3.63, 3.8) is 0 Å². The molecule has 3 aromatic rings. The van der Waals surface area contributed by atoms with E-state index in [0.717, 1.165) is 11.3 Å². The number of para-hydroxylation sites is 1. The number of nitrogens with one attached hydrogen (secondary N) is 2. The van der Waals surface area contributed by atoms with Crippen molar-refractivity contribution in [1.82, 2.24) is 10.3 Å². The van der Waals surface area contributed by atoms with Crippen molar-refractivity contribution in [3.05, 3.63) is 77.1 Å². The number of carbonyl (C=O) groups is 1. The second-order valence-corrected chi connectivity index (χ2v) is 6.35. The van der Waals surface area contributed by atoms with Gasteiger partial charge in [0, 0.05) is 12.7 Å². The molecule has 0 saturated heterocycles. The van der Waals surface area contributed by atoms with Crippen LogP contribution in [0, 0.1) is 0 Å². The van der Waals surface area contributed by atoms with E-state index < -0.39 is 0 Å². The molecule has 0 unspecified atom stereocenters. The van der Waals surface area contributed by atoms with Gasteiger partial charge >= 0.3 is 0 Å². The molecule has 28 heavy (non-hydrogen) atoms. The third-order valence-electron chi connectivity index (χ3n) is 4.05. The molecule has 144 valence electrons. The molecule has 0 fully saturated rings. The highest BCUT2D eigenvalue weighted by molar-refractivity contribution is 6.33. The summed E-state index contributed by atoms with van der Waals surface area (Å²) in [6, 6.07) is 14.6. The van der Waals surface area contributed by atoms with Crippen LogP contribution in [0.4, 0.5) is 11.4 Å². The van der Waals surface area contributed by atoms with Crippen molar-refractivity contribution >= 4 is 28.9 Å². The summed E-state index contributed by atoms with van der Waals surface area (Å²) in [5.74, 6) is 1.02. The monoisotopic (exact) mass is 397 g/mol. The van der Waals surface area contributed by atoms with Crippen molar-refractivity contribution < 1.29 is 14.3 Å². The molecule has 0 radical (unpaired) electrons. The number of nitrogens with zero attached hydrogens (tertiary/aromatic N) is 1. The van der Waals surface area contributed by atoms with Gasteiger partial charge in [-0.2, -0.15) is 0 Å². The van der Waals surface area contributed by atoms with Crippen LogP contribution < -0.4 is 20.1 Å². The van der Waals surface area contributed by atoms with Crippen molar-refractivity contribution in [2.24, 2.45) is 0 Å². The number of methoxy groups -OCH3 is 2. The number of hydrogen-bond donors (Lipinski definition) is 2. The molecule has 0 aliphatic heterocycles. The lowest BCUT2D eigenvalue weighted by Gasteiger charge is -2.11. The topological polar surface area (TPSA) is 72.5 Å². The Bertz CT molecular complexity index is 979. The molecule has 0 atom stereocenters. The maximum Gasteiger partial charge on any atom is 0.253 e. The van der Waals surface area contributed by atoms with Gasteiger partial charge in [0.1, 0.15) is 0 Å². The minimum atomic E-state index is -0.231. The van der Waals surface area contributed by atoms with Crippen LogP contribution in [-0.2, 0) is 6.54 Å². The zero-order chi connectivity index (χ0) is 19.9. The van der Waals surface area contributed by atoms with E-state index in [-0.39, 0.29) is 5.91 Å². The molecular weight excluding hydrogens is 378 g/mol. The van der Waals surface area contributed by atoms with E-state index in [1.54, 1.807) is 38.6 Å². The molecule has 2 N–H and O–H groups in total. The lowest BCUT2D eigenvalue weighted by atomic mass is 10.2. The van der Waals surface area contributed by atoms with Crippen molar-refractivity contribution in [2.45, 2.75) is 6.54 Å². The van der Waals surface area contributed by atoms with E-state index in [2.05, 4.69) is 15.6 Å². The van der Waals surface area contributed by atoms with E-state index in [4.69, 9.17) is 21.1 Å². The van der Waals surface area contributed by atoms with Crippen molar-refractivity contribution in [2.75, 3.05) is 19.5 Å². The highest BCUT2D eigenvalue weighted by Gasteiger charge is 2.10. The summed E-state index contributed by atoms with van der Waals surface area (Å²) < 4.78 is 10.5. The molecule has 1 amide bonds. The van der Waals surface area contributed by atoms with Crippen LogP contribution in [0.25, 0.3) is 0 Å². The van der Waals surface area contributed by atoms with Gasteiger partial charge in [0.05, 0.1) is 42.4 Å². The van der Waals surface area contributed by atoms with Gasteiger partial charge in [0.2, 0.25) is 0 Å². The summed E-state index contributed by atoms with van der Waals surface area (Å²) in [6.45, 7) is 0.349. The third-order valence-corrected chi connectivity index (χ3v) is 4.38. The fourth-order valence-corrected chi connectivity index (χ4v) is 2.81. The SMILES string of the molecule is COc1ccc(CNC(=O)c2cncc(Nc3ccccc3Cl)c2)cc1OC. The van der Waals surface area contributed by atoms with E-state index in [1.165, 1.54) is 6.20 Å². The fourth-order valence-electron chi connectivity index (χ4n) is 2.63. The van der Waals surface area contributed by atoms with E-state index in [9.17, 15) is 4.79 Å². The first-order valence-corrected chi connectivity index (χ1v) is 8.94. The molecule has 7 heteroatoms. The number of aromatic nitrogens is 1. The third kappa shape index (κ3) is 4.72. The van der Waals surface area contributed by atoms with Gasteiger partial charge in [-0.15, -0.1) is 0 Å². The first-order chi connectivity index (χ1) is 13.6. The zero-order valence-electron chi connectivity index (χ0n) is 15.5. The Kier molecular flexibility index (Phi) is 6.34. The van der Waals surface area contributed by atoms with Crippen molar-refractivity contribution in [1.29, 1.82) is 0 Å². The Hall–Kier alpha value is -3.25. The predicted octanol–water partition coefficient (Wildman–Crippen LogP) is 4.43. The second kappa shape index (κ2) is 9.10. The van der Waals surface area contributed by atoms with Gasteiger partial charge in [-0.1, -0.05) is 29.8 Å². The summed E-state index contributed by atoms with van der Waals surface area (Å²) in [4.78, 5) is 16.6. The molecule has 1 aromatic heterocycles. The molecule has 0 spiro atoms. The van der Waals surface area contributed by atoms with Gasteiger partial charge in [-0.3, -0.25) is 9.78 Å². The molecule has 0 bridgehead atoms. The number of halogens is 1. The molecule has 0 aliphatic carbocycles. The van der Waals surface area contributed by atoms with Gasteiger partial charge in [0.15, 0.2) is 11.5 Å². The van der Waals surface area contributed by atoms with Gasteiger partial charge in [0.25, 0.3) is 5.91 Å². The zero-order valence-corrected chi connectivity index (χ0v) is 16.3. The summed E-state index contributed by atoms with van der Waals surface area (Å²) in [6.07, 6.45) is 3.15.